The molecule has 1 aromatic heterocycles. The molecule has 0 radical (unpaired) electrons. The maximum atomic E-state index is 12.2. The predicted octanol–water partition coefficient (Wildman–Crippen LogP) is 1.11. The summed E-state index contributed by atoms with van der Waals surface area (Å²) in [4.78, 5) is 12.2. The van der Waals surface area contributed by atoms with Gasteiger partial charge < -0.3 is 4.74 Å². The number of aryl methyl sites for hydroxylation is 1. The molecule has 1 saturated heterocycles. The lowest BCUT2D eigenvalue weighted by atomic mass is 10.0. The van der Waals surface area contributed by atoms with Gasteiger partial charge in [0.15, 0.2) is 0 Å². The minimum atomic E-state index is 0.0801. The summed E-state index contributed by atoms with van der Waals surface area (Å²) >= 11 is 0. The van der Waals surface area contributed by atoms with Crippen LogP contribution in [0, 0.1) is 12.8 Å². The third-order valence-corrected chi connectivity index (χ3v) is 3.72. The van der Waals surface area contributed by atoms with Crippen molar-refractivity contribution in [2.45, 2.75) is 45.2 Å². The highest BCUT2D eigenvalue weighted by Crippen LogP contribution is 2.34. The van der Waals surface area contributed by atoms with E-state index in [1.165, 1.54) is 0 Å². The zero-order chi connectivity index (χ0) is 11.8. The standard InChI is InChI=1S/C12H19N3O2/c1-9-13-14(8-10-4-6-17-7-5-10)12(16)15(9)11-2-3-11/h10-11H,2-8H2,1H3. The minimum absolute atomic E-state index is 0.0801. The van der Waals surface area contributed by atoms with E-state index in [1.807, 2.05) is 11.5 Å². The van der Waals surface area contributed by atoms with Crippen molar-refractivity contribution < 1.29 is 4.74 Å². The summed E-state index contributed by atoms with van der Waals surface area (Å²) in [5.74, 6) is 1.41. The molecule has 1 aliphatic carbocycles. The molecule has 1 saturated carbocycles. The van der Waals surface area contributed by atoms with Gasteiger partial charge in [0.1, 0.15) is 5.82 Å². The molecule has 0 spiro atoms. The summed E-state index contributed by atoms with van der Waals surface area (Å²) < 4.78 is 8.85. The van der Waals surface area contributed by atoms with Crippen LogP contribution in [0.1, 0.15) is 37.5 Å². The average Bonchev–Trinajstić information content (AvgIpc) is 3.10. The lowest BCUT2D eigenvalue weighted by molar-refractivity contribution is 0.0597. The second-order valence-electron chi connectivity index (χ2n) is 5.17. The number of ether oxygens (including phenoxy) is 1. The van der Waals surface area contributed by atoms with Gasteiger partial charge in [0.05, 0.1) is 0 Å². The number of hydrogen-bond donors (Lipinski definition) is 0. The molecule has 1 aromatic rings. The van der Waals surface area contributed by atoms with E-state index in [0.29, 0.717) is 12.0 Å². The summed E-state index contributed by atoms with van der Waals surface area (Å²) in [6.07, 6.45) is 4.34. The minimum Gasteiger partial charge on any atom is -0.381 e. The Morgan fingerprint density at radius 3 is 2.65 bits per heavy atom. The molecule has 1 aliphatic heterocycles. The lowest BCUT2D eigenvalue weighted by Gasteiger charge is -2.21. The Bertz CT molecular complexity index is 453. The highest BCUT2D eigenvalue weighted by atomic mass is 16.5. The third kappa shape index (κ3) is 2.16. The predicted molar refractivity (Wildman–Crippen MR) is 63.0 cm³/mol. The summed E-state index contributed by atoms with van der Waals surface area (Å²) in [6.45, 7) is 4.33. The quantitative estimate of drug-likeness (QED) is 0.791. The Balaban J connectivity index is 1.78. The van der Waals surface area contributed by atoms with Crippen LogP contribution < -0.4 is 5.69 Å². The van der Waals surface area contributed by atoms with Crippen LogP contribution in [-0.4, -0.2) is 27.6 Å². The van der Waals surface area contributed by atoms with Gasteiger partial charge >= 0.3 is 5.69 Å². The third-order valence-electron chi connectivity index (χ3n) is 3.72. The van der Waals surface area contributed by atoms with Crippen molar-refractivity contribution in [1.82, 2.24) is 14.3 Å². The van der Waals surface area contributed by atoms with Crippen molar-refractivity contribution in [3.05, 3.63) is 16.3 Å². The van der Waals surface area contributed by atoms with Gasteiger partial charge in [-0.05, 0) is 38.5 Å². The monoisotopic (exact) mass is 237 g/mol. The highest BCUT2D eigenvalue weighted by Gasteiger charge is 2.29. The summed E-state index contributed by atoms with van der Waals surface area (Å²) in [7, 11) is 0. The molecule has 94 valence electrons. The van der Waals surface area contributed by atoms with Gasteiger partial charge in [0.25, 0.3) is 0 Å². The van der Waals surface area contributed by atoms with Gasteiger partial charge in [-0.1, -0.05) is 0 Å². The maximum absolute atomic E-state index is 12.2. The molecule has 0 unspecified atom stereocenters. The van der Waals surface area contributed by atoms with Crippen LogP contribution in [0.3, 0.4) is 0 Å². The normalized spacial score (nSPS) is 21.9. The average molecular weight is 237 g/mol. The largest absolute Gasteiger partial charge is 0.381 e. The van der Waals surface area contributed by atoms with Crippen LogP contribution >= 0.6 is 0 Å². The van der Waals surface area contributed by atoms with Gasteiger partial charge in [0, 0.05) is 25.8 Å². The SMILES string of the molecule is Cc1nn(CC2CCOCC2)c(=O)n1C1CC1. The molecule has 5 nitrogen and oxygen atoms in total. The number of nitrogens with zero attached hydrogens (tertiary/aromatic N) is 3. The van der Waals surface area contributed by atoms with Crippen molar-refractivity contribution in [1.29, 1.82) is 0 Å². The van der Waals surface area contributed by atoms with E-state index in [4.69, 9.17) is 4.74 Å². The Labute approximate surface area is 100 Å². The fourth-order valence-electron chi connectivity index (χ4n) is 2.57. The van der Waals surface area contributed by atoms with Crippen LogP contribution in [0.5, 0.6) is 0 Å². The maximum Gasteiger partial charge on any atom is 0.346 e. The lowest BCUT2D eigenvalue weighted by Crippen LogP contribution is -2.29. The van der Waals surface area contributed by atoms with E-state index >= 15 is 0 Å². The van der Waals surface area contributed by atoms with Crippen LogP contribution in [0.15, 0.2) is 4.79 Å². The van der Waals surface area contributed by atoms with Crippen molar-refractivity contribution >= 4 is 0 Å². The zero-order valence-electron chi connectivity index (χ0n) is 10.3. The molecule has 17 heavy (non-hydrogen) atoms. The Kier molecular flexibility index (Phi) is 2.78. The molecule has 0 atom stereocenters. The molecule has 0 bridgehead atoms. The molecule has 2 fully saturated rings. The molecule has 2 heterocycles. The molecular weight excluding hydrogens is 218 g/mol. The van der Waals surface area contributed by atoms with Gasteiger partial charge in [-0.25, -0.2) is 9.48 Å². The van der Waals surface area contributed by atoms with Gasteiger partial charge in [-0.2, -0.15) is 5.10 Å². The van der Waals surface area contributed by atoms with Crippen LogP contribution in [0.4, 0.5) is 0 Å². The van der Waals surface area contributed by atoms with E-state index in [-0.39, 0.29) is 5.69 Å². The van der Waals surface area contributed by atoms with E-state index in [2.05, 4.69) is 5.10 Å². The molecule has 0 amide bonds. The Hall–Kier alpha value is -1.10. The molecule has 5 heteroatoms. The Morgan fingerprint density at radius 2 is 2.00 bits per heavy atom. The first-order valence-electron chi connectivity index (χ1n) is 6.49. The summed E-state index contributed by atoms with van der Waals surface area (Å²) in [6, 6.07) is 0.422. The van der Waals surface area contributed by atoms with E-state index in [1.54, 1.807) is 4.68 Å². The molecule has 0 N–H and O–H groups in total. The summed E-state index contributed by atoms with van der Waals surface area (Å²) in [5.41, 5.74) is 0.0801. The first kappa shape index (κ1) is 11.0. The number of hydrogen-bond acceptors (Lipinski definition) is 3. The smallest absolute Gasteiger partial charge is 0.346 e. The van der Waals surface area contributed by atoms with Crippen LogP contribution in [-0.2, 0) is 11.3 Å². The van der Waals surface area contributed by atoms with Gasteiger partial charge in [0.2, 0.25) is 0 Å². The van der Waals surface area contributed by atoms with E-state index in [9.17, 15) is 4.79 Å². The molecule has 3 rings (SSSR count). The van der Waals surface area contributed by atoms with Crippen LogP contribution in [0.25, 0.3) is 0 Å². The highest BCUT2D eigenvalue weighted by molar-refractivity contribution is 4.94. The fraction of sp³-hybridized carbons (Fsp3) is 0.833. The first-order valence-corrected chi connectivity index (χ1v) is 6.49. The molecule has 0 aromatic carbocycles. The number of aromatic nitrogens is 3. The van der Waals surface area contributed by atoms with Gasteiger partial charge in [-0.3, -0.25) is 4.57 Å². The second-order valence-corrected chi connectivity index (χ2v) is 5.17. The first-order chi connectivity index (χ1) is 8.25. The van der Waals surface area contributed by atoms with E-state index < -0.39 is 0 Å². The van der Waals surface area contributed by atoms with Crippen molar-refractivity contribution in [2.75, 3.05) is 13.2 Å². The van der Waals surface area contributed by atoms with E-state index in [0.717, 1.165) is 51.3 Å². The van der Waals surface area contributed by atoms with Crippen molar-refractivity contribution in [3.8, 4) is 0 Å². The molecule has 2 aliphatic rings. The molecular formula is C12H19N3O2. The summed E-state index contributed by atoms with van der Waals surface area (Å²) in [5, 5.41) is 4.39. The van der Waals surface area contributed by atoms with Crippen molar-refractivity contribution in [3.63, 3.8) is 0 Å². The van der Waals surface area contributed by atoms with Gasteiger partial charge in [-0.15, -0.1) is 0 Å². The van der Waals surface area contributed by atoms with Crippen LogP contribution in [0.2, 0.25) is 0 Å². The fourth-order valence-corrected chi connectivity index (χ4v) is 2.57. The number of rotatable bonds is 3. The second kappa shape index (κ2) is 4.29. The van der Waals surface area contributed by atoms with Crippen molar-refractivity contribution in [2.24, 2.45) is 5.92 Å². The topological polar surface area (TPSA) is 49.1 Å². The zero-order valence-corrected chi connectivity index (χ0v) is 10.3. The Morgan fingerprint density at radius 1 is 1.29 bits per heavy atom.